The summed E-state index contributed by atoms with van der Waals surface area (Å²) in [6, 6.07) is 16.5. The highest BCUT2D eigenvalue weighted by Gasteiger charge is 2.27. The Labute approximate surface area is 191 Å². The molecule has 2 aromatic carbocycles. The van der Waals surface area contributed by atoms with Crippen LogP contribution in [0, 0.1) is 0 Å². The smallest absolute Gasteiger partial charge is 0.407 e. The summed E-state index contributed by atoms with van der Waals surface area (Å²) in [5.74, 6) is 1.55. The highest BCUT2D eigenvalue weighted by atomic mass is 32.2. The highest BCUT2D eigenvalue weighted by molar-refractivity contribution is 7.99. The second-order valence-corrected chi connectivity index (χ2v) is 9.54. The van der Waals surface area contributed by atoms with Crippen LogP contribution in [0.1, 0.15) is 30.3 Å². The Bertz CT molecular complexity index is 1050. The third-order valence-electron chi connectivity index (χ3n) is 5.99. The maximum absolute atomic E-state index is 11.3. The van der Waals surface area contributed by atoms with E-state index >= 15 is 0 Å². The highest BCUT2D eigenvalue weighted by Crippen LogP contribution is 2.32. The van der Waals surface area contributed by atoms with Crippen LogP contribution >= 0.6 is 11.8 Å². The Morgan fingerprint density at radius 1 is 1.22 bits per heavy atom. The van der Waals surface area contributed by atoms with E-state index in [1.807, 2.05) is 24.3 Å². The summed E-state index contributed by atoms with van der Waals surface area (Å²) >= 11 is 1.69. The molecule has 5 rings (SSSR count). The number of carbonyl (C=O) groups is 1. The van der Waals surface area contributed by atoms with Gasteiger partial charge in [0.1, 0.15) is 18.0 Å². The lowest BCUT2D eigenvalue weighted by atomic mass is 10.1. The minimum atomic E-state index is -0.333. The van der Waals surface area contributed by atoms with Crippen molar-refractivity contribution in [3.05, 3.63) is 59.9 Å². The Balaban J connectivity index is 1.38. The number of imidazole rings is 1. The van der Waals surface area contributed by atoms with Gasteiger partial charge in [-0.15, -0.1) is 11.8 Å². The molecule has 168 valence electrons. The minimum absolute atomic E-state index is 0.0993. The van der Waals surface area contributed by atoms with E-state index in [-0.39, 0.29) is 24.4 Å². The average molecular weight is 453 g/mol. The molecular formula is C24H28N4O3S. The largest absolute Gasteiger partial charge is 0.443 e. The topological polar surface area (TPSA) is 79.5 Å². The van der Waals surface area contributed by atoms with Crippen molar-refractivity contribution in [2.45, 2.75) is 36.0 Å². The van der Waals surface area contributed by atoms with Gasteiger partial charge in [-0.05, 0) is 49.7 Å². The Hall–Kier alpha value is -2.55. The number of thioether (sulfide) groups is 1. The zero-order valence-corrected chi connectivity index (χ0v) is 18.9. The fraction of sp³-hybridized carbons (Fsp3) is 0.417. The molecule has 2 fully saturated rings. The second kappa shape index (κ2) is 9.52. The van der Waals surface area contributed by atoms with Crippen LogP contribution in [0.15, 0.2) is 53.4 Å². The molecule has 3 heterocycles. The molecule has 7 nitrogen and oxygen atoms in total. The van der Waals surface area contributed by atoms with Gasteiger partial charge in [0.05, 0.1) is 23.7 Å². The fourth-order valence-electron chi connectivity index (χ4n) is 4.19. The number of H-pyrrole nitrogens is 1. The summed E-state index contributed by atoms with van der Waals surface area (Å²) in [6.45, 7) is 2.65. The number of aromatic amines is 1. The first-order chi connectivity index (χ1) is 15.6. The van der Waals surface area contributed by atoms with Gasteiger partial charge < -0.3 is 24.7 Å². The number of likely N-dealkylation sites (tertiary alicyclic amines) is 1. The van der Waals surface area contributed by atoms with Crippen LogP contribution in [0.3, 0.4) is 0 Å². The molecule has 2 N–H and O–H groups in total. The molecule has 2 aliphatic rings. The number of carbonyl (C=O) groups excluding carboxylic acids is 1. The lowest BCUT2D eigenvalue weighted by molar-refractivity contribution is -0.0264. The molecule has 2 unspecified atom stereocenters. The van der Waals surface area contributed by atoms with Gasteiger partial charge in [0, 0.05) is 23.7 Å². The third-order valence-corrected chi connectivity index (χ3v) is 7.12. The van der Waals surface area contributed by atoms with Crippen molar-refractivity contribution >= 4 is 28.9 Å². The van der Waals surface area contributed by atoms with Gasteiger partial charge in [0.2, 0.25) is 0 Å². The fourth-order valence-corrected chi connectivity index (χ4v) is 5.15. The number of hydrogen-bond acceptors (Lipinski definition) is 6. The first-order valence-corrected chi connectivity index (χ1v) is 12.1. The quantitative estimate of drug-likeness (QED) is 0.528. The number of nitrogens with zero attached hydrogens (tertiary/aromatic N) is 2. The summed E-state index contributed by atoms with van der Waals surface area (Å²) < 4.78 is 11.9. The van der Waals surface area contributed by atoms with Crippen molar-refractivity contribution in [2.75, 3.05) is 32.4 Å². The number of piperidine rings is 1. The van der Waals surface area contributed by atoms with Gasteiger partial charge in [-0.3, -0.25) is 0 Å². The Morgan fingerprint density at radius 3 is 2.84 bits per heavy atom. The van der Waals surface area contributed by atoms with E-state index in [2.05, 4.69) is 46.5 Å². The molecule has 2 saturated heterocycles. The maximum atomic E-state index is 11.3. The molecule has 8 heteroatoms. The zero-order valence-electron chi connectivity index (χ0n) is 18.1. The van der Waals surface area contributed by atoms with Gasteiger partial charge in [-0.1, -0.05) is 24.3 Å². The lowest BCUT2D eigenvalue weighted by Gasteiger charge is -2.31. The van der Waals surface area contributed by atoms with Gasteiger partial charge in [-0.25, -0.2) is 9.78 Å². The molecule has 32 heavy (non-hydrogen) atoms. The molecule has 1 aromatic heterocycles. The molecule has 0 aliphatic carbocycles. The first-order valence-electron chi connectivity index (χ1n) is 11.1. The van der Waals surface area contributed by atoms with Crippen LogP contribution in [-0.4, -0.2) is 65.6 Å². The van der Waals surface area contributed by atoms with Crippen molar-refractivity contribution in [3.8, 4) is 0 Å². The van der Waals surface area contributed by atoms with Crippen LogP contribution in [0.5, 0.6) is 0 Å². The number of hydrogen-bond donors (Lipinski definition) is 2. The predicted molar refractivity (Wildman–Crippen MR) is 125 cm³/mol. The molecular weight excluding hydrogens is 424 g/mol. The van der Waals surface area contributed by atoms with Crippen LogP contribution in [0.25, 0.3) is 11.0 Å². The van der Waals surface area contributed by atoms with Crippen molar-refractivity contribution < 1.29 is 14.3 Å². The van der Waals surface area contributed by atoms with E-state index in [0.717, 1.165) is 53.2 Å². The number of nitrogens with one attached hydrogen (secondary N) is 2. The number of aromatic nitrogens is 2. The maximum Gasteiger partial charge on any atom is 0.407 e. The molecule has 0 saturated carbocycles. The number of fused-ring (bicyclic) bond motifs is 1. The normalized spacial score (nSPS) is 20.9. The van der Waals surface area contributed by atoms with Crippen molar-refractivity contribution in [1.82, 2.24) is 20.2 Å². The standard InChI is InChI=1S/C24H28N4O3S/c1-28-11-9-17(10-12-28)30-22(23-26-20-7-2-3-8-21(20)27-23)16-5-4-6-19(13-16)32-15-18-14-25-24(29)31-18/h2-8,13,17-18,22H,9-12,14-15H2,1H3,(H,25,29)(H,26,27). The SMILES string of the molecule is CN1CCC(OC(c2cccc(SCC3CNC(=O)O3)c2)c2nc3ccccc3[nH]2)CC1. The lowest BCUT2D eigenvalue weighted by Crippen LogP contribution is -2.35. The number of ether oxygens (including phenoxy) is 2. The summed E-state index contributed by atoms with van der Waals surface area (Å²) in [4.78, 5) is 23.1. The van der Waals surface area contributed by atoms with Gasteiger partial charge >= 0.3 is 6.09 Å². The number of amides is 1. The summed E-state index contributed by atoms with van der Waals surface area (Å²) in [5.41, 5.74) is 3.04. The average Bonchev–Trinajstić information content (AvgIpc) is 3.43. The van der Waals surface area contributed by atoms with Crippen LogP contribution in [-0.2, 0) is 9.47 Å². The molecule has 3 aromatic rings. The van der Waals surface area contributed by atoms with Crippen molar-refractivity contribution in [2.24, 2.45) is 0 Å². The van der Waals surface area contributed by atoms with Crippen molar-refractivity contribution in [3.63, 3.8) is 0 Å². The van der Waals surface area contributed by atoms with E-state index in [1.54, 1.807) is 11.8 Å². The van der Waals surface area contributed by atoms with E-state index in [0.29, 0.717) is 12.3 Å². The van der Waals surface area contributed by atoms with E-state index in [1.165, 1.54) is 0 Å². The number of benzene rings is 2. The van der Waals surface area contributed by atoms with E-state index < -0.39 is 0 Å². The van der Waals surface area contributed by atoms with Crippen LogP contribution in [0.2, 0.25) is 0 Å². The molecule has 1 amide bonds. The van der Waals surface area contributed by atoms with E-state index in [4.69, 9.17) is 14.5 Å². The third kappa shape index (κ3) is 4.92. The second-order valence-electron chi connectivity index (χ2n) is 8.45. The molecule has 2 atom stereocenters. The predicted octanol–water partition coefficient (Wildman–Crippen LogP) is 3.96. The molecule has 0 radical (unpaired) electrons. The van der Waals surface area contributed by atoms with E-state index in [9.17, 15) is 4.79 Å². The summed E-state index contributed by atoms with van der Waals surface area (Å²) in [6.07, 6.45) is 1.54. The minimum Gasteiger partial charge on any atom is -0.443 e. The number of para-hydroxylation sites is 2. The summed E-state index contributed by atoms with van der Waals surface area (Å²) in [5, 5.41) is 2.71. The molecule has 2 aliphatic heterocycles. The van der Waals surface area contributed by atoms with Gasteiger partial charge in [0.15, 0.2) is 0 Å². The van der Waals surface area contributed by atoms with Gasteiger partial charge in [0.25, 0.3) is 0 Å². The number of rotatable bonds is 7. The number of alkyl carbamates (subject to hydrolysis) is 1. The Kier molecular flexibility index (Phi) is 6.34. The molecule has 0 spiro atoms. The summed E-state index contributed by atoms with van der Waals surface area (Å²) in [7, 11) is 2.16. The Morgan fingerprint density at radius 2 is 2.06 bits per heavy atom. The van der Waals surface area contributed by atoms with Crippen LogP contribution in [0.4, 0.5) is 4.79 Å². The van der Waals surface area contributed by atoms with Gasteiger partial charge in [-0.2, -0.15) is 0 Å². The monoisotopic (exact) mass is 452 g/mol. The van der Waals surface area contributed by atoms with Crippen LogP contribution < -0.4 is 5.32 Å². The number of cyclic esters (lactones) is 1. The first kappa shape index (κ1) is 21.3. The zero-order chi connectivity index (χ0) is 21.9. The molecule has 0 bridgehead atoms. The van der Waals surface area contributed by atoms with Crippen molar-refractivity contribution in [1.29, 1.82) is 0 Å².